The van der Waals surface area contributed by atoms with Crippen LogP contribution in [0.4, 0.5) is 4.39 Å². The molecule has 1 amide bonds. The molecular formula is C16H18FNOS. The molecule has 0 aliphatic heterocycles. The molecule has 20 heavy (non-hydrogen) atoms. The largest absolute Gasteiger partial charge is 0.349 e. The minimum absolute atomic E-state index is 0.0330. The van der Waals surface area contributed by atoms with Crippen LogP contribution in [0, 0.1) is 11.2 Å². The highest BCUT2D eigenvalue weighted by molar-refractivity contribution is 7.20. The Morgan fingerprint density at radius 2 is 2.20 bits per heavy atom. The van der Waals surface area contributed by atoms with Gasteiger partial charge in [0.05, 0.1) is 4.88 Å². The molecule has 106 valence electrons. The van der Waals surface area contributed by atoms with Crippen molar-refractivity contribution < 1.29 is 9.18 Å². The van der Waals surface area contributed by atoms with Gasteiger partial charge in [0, 0.05) is 10.7 Å². The lowest BCUT2D eigenvalue weighted by Gasteiger charge is -2.17. The van der Waals surface area contributed by atoms with Crippen molar-refractivity contribution in [2.24, 2.45) is 5.41 Å². The van der Waals surface area contributed by atoms with E-state index in [0.717, 1.165) is 29.3 Å². The summed E-state index contributed by atoms with van der Waals surface area (Å²) in [5.41, 5.74) is 0.321. The molecule has 1 saturated carbocycles. The molecule has 1 N–H and O–H groups in total. The van der Waals surface area contributed by atoms with Crippen LogP contribution in [0.5, 0.6) is 0 Å². The van der Waals surface area contributed by atoms with Gasteiger partial charge in [-0.1, -0.05) is 19.9 Å². The summed E-state index contributed by atoms with van der Waals surface area (Å²) in [6, 6.07) is 6.73. The molecule has 2 nitrogen and oxygen atoms in total. The molecule has 1 atom stereocenters. The van der Waals surface area contributed by atoms with Crippen molar-refractivity contribution in [1.82, 2.24) is 5.32 Å². The van der Waals surface area contributed by atoms with Gasteiger partial charge in [-0.15, -0.1) is 11.3 Å². The average molecular weight is 291 g/mol. The Morgan fingerprint density at radius 3 is 2.90 bits per heavy atom. The predicted molar refractivity (Wildman–Crippen MR) is 80.7 cm³/mol. The summed E-state index contributed by atoms with van der Waals surface area (Å²) in [6.07, 6.45) is 3.21. The highest BCUT2D eigenvalue weighted by atomic mass is 32.1. The van der Waals surface area contributed by atoms with Gasteiger partial charge in [0.2, 0.25) is 0 Å². The molecule has 1 fully saturated rings. The fourth-order valence-electron chi connectivity index (χ4n) is 2.93. The van der Waals surface area contributed by atoms with Gasteiger partial charge in [0.25, 0.3) is 5.91 Å². The number of amides is 1. The lowest BCUT2D eigenvalue weighted by Crippen LogP contribution is -2.32. The van der Waals surface area contributed by atoms with Crippen LogP contribution in [-0.2, 0) is 0 Å². The van der Waals surface area contributed by atoms with Gasteiger partial charge >= 0.3 is 0 Å². The summed E-state index contributed by atoms with van der Waals surface area (Å²) >= 11 is 1.35. The highest BCUT2D eigenvalue weighted by Gasteiger charge is 2.31. The van der Waals surface area contributed by atoms with E-state index in [1.54, 1.807) is 6.07 Å². The first-order chi connectivity index (χ1) is 9.43. The molecule has 1 heterocycles. The van der Waals surface area contributed by atoms with Crippen LogP contribution in [0.2, 0.25) is 0 Å². The molecule has 1 unspecified atom stereocenters. The number of hydrogen-bond acceptors (Lipinski definition) is 2. The van der Waals surface area contributed by atoms with Crippen molar-refractivity contribution in [1.29, 1.82) is 0 Å². The molecule has 0 radical (unpaired) electrons. The zero-order chi connectivity index (χ0) is 14.3. The van der Waals surface area contributed by atoms with Crippen LogP contribution >= 0.6 is 11.3 Å². The minimum atomic E-state index is -0.260. The maximum Gasteiger partial charge on any atom is 0.261 e. The van der Waals surface area contributed by atoms with Crippen molar-refractivity contribution in [3.05, 3.63) is 35.0 Å². The number of benzene rings is 1. The molecule has 0 saturated heterocycles. The van der Waals surface area contributed by atoms with E-state index in [-0.39, 0.29) is 17.8 Å². The molecule has 0 spiro atoms. The number of thiophene rings is 1. The molecular weight excluding hydrogens is 273 g/mol. The van der Waals surface area contributed by atoms with Crippen LogP contribution in [0.3, 0.4) is 0 Å². The second kappa shape index (κ2) is 4.85. The van der Waals surface area contributed by atoms with E-state index in [1.165, 1.54) is 23.5 Å². The van der Waals surface area contributed by atoms with Gasteiger partial charge in [-0.3, -0.25) is 4.79 Å². The first-order valence-corrected chi connectivity index (χ1v) is 7.75. The van der Waals surface area contributed by atoms with E-state index >= 15 is 0 Å². The Hall–Kier alpha value is -1.42. The third-order valence-electron chi connectivity index (χ3n) is 4.01. The van der Waals surface area contributed by atoms with Gasteiger partial charge in [-0.05, 0) is 48.3 Å². The lowest BCUT2D eigenvalue weighted by atomic mass is 9.92. The number of carbonyl (C=O) groups is 1. The SMILES string of the molecule is CC1(C)CCC(NC(=O)c2cc3ccc(F)cc3s2)C1. The fourth-order valence-corrected chi connectivity index (χ4v) is 3.92. The van der Waals surface area contributed by atoms with Gasteiger partial charge in [-0.2, -0.15) is 0 Å². The van der Waals surface area contributed by atoms with E-state index in [4.69, 9.17) is 0 Å². The van der Waals surface area contributed by atoms with Crippen LogP contribution in [0.1, 0.15) is 42.8 Å². The second-order valence-electron chi connectivity index (χ2n) is 6.37. The molecule has 1 aromatic carbocycles. The molecule has 3 rings (SSSR count). The van der Waals surface area contributed by atoms with E-state index in [9.17, 15) is 9.18 Å². The summed E-state index contributed by atoms with van der Waals surface area (Å²) in [4.78, 5) is 12.9. The summed E-state index contributed by atoms with van der Waals surface area (Å²) in [6.45, 7) is 4.47. The summed E-state index contributed by atoms with van der Waals surface area (Å²) in [5.74, 6) is -0.293. The lowest BCUT2D eigenvalue weighted by molar-refractivity contribution is 0.0940. The maximum atomic E-state index is 13.2. The third kappa shape index (κ3) is 2.70. The minimum Gasteiger partial charge on any atom is -0.349 e. The normalized spacial score (nSPS) is 21.2. The Balaban J connectivity index is 1.76. The first-order valence-electron chi connectivity index (χ1n) is 6.93. The molecule has 0 bridgehead atoms. The molecule has 2 aromatic rings. The van der Waals surface area contributed by atoms with Crippen LogP contribution < -0.4 is 5.32 Å². The van der Waals surface area contributed by atoms with E-state index in [1.807, 2.05) is 6.07 Å². The zero-order valence-electron chi connectivity index (χ0n) is 11.7. The zero-order valence-corrected chi connectivity index (χ0v) is 12.5. The number of halogens is 1. The van der Waals surface area contributed by atoms with Crippen LogP contribution in [-0.4, -0.2) is 11.9 Å². The number of fused-ring (bicyclic) bond motifs is 1. The molecule has 1 aliphatic carbocycles. The molecule has 1 aliphatic rings. The highest BCUT2D eigenvalue weighted by Crippen LogP contribution is 2.37. The number of nitrogens with one attached hydrogen (secondary N) is 1. The van der Waals surface area contributed by atoms with E-state index in [0.29, 0.717) is 10.3 Å². The quantitative estimate of drug-likeness (QED) is 0.875. The van der Waals surface area contributed by atoms with Crippen molar-refractivity contribution >= 4 is 27.3 Å². The fraction of sp³-hybridized carbons (Fsp3) is 0.438. The van der Waals surface area contributed by atoms with Crippen LogP contribution in [0.15, 0.2) is 24.3 Å². The van der Waals surface area contributed by atoms with E-state index < -0.39 is 0 Å². The monoisotopic (exact) mass is 291 g/mol. The van der Waals surface area contributed by atoms with E-state index in [2.05, 4.69) is 19.2 Å². The summed E-state index contributed by atoms with van der Waals surface area (Å²) in [5, 5.41) is 4.03. The van der Waals surface area contributed by atoms with Gasteiger partial charge in [0.1, 0.15) is 5.82 Å². The summed E-state index contributed by atoms with van der Waals surface area (Å²) in [7, 11) is 0. The van der Waals surface area contributed by atoms with Gasteiger partial charge < -0.3 is 5.32 Å². The van der Waals surface area contributed by atoms with Crippen molar-refractivity contribution in [2.75, 3.05) is 0 Å². The predicted octanol–water partition coefficient (Wildman–Crippen LogP) is 4.35. The Kier molecular flexibility index (Phi) is 3.28. The second-order valence-corrected chi connectivity index (χ2v) is 7.45. The first kappa shape index (κ1) is 13.6. The average Bonchev–Trinajstić information content (AvgIpc) is 2.92. The third-order valence-corrected chi connectivity index (χ3v) is 5.11. The van der Waals surface area contributed by atoms with Crippen molar-refractivity contribution in [3.63, 3.8) is 0 Å². The Morgan fingerprint density at radius 1 is 1.40 bits per heavy atom. The Bertz CT molecular complexity index is 662. The smallest absolute Gasteiger partial charge is 0.261 e. The van der Waals surface area contributed by atoms with Crippen molar-refractivity contribution in [2.45, 2.75) is 39.2 Å². The number of rotatable bonds is 2. The number of carbonyl (C=O) groups excluding carboxylic acids is 1. The standard InChI is InChI=1S/C16H18FNOS/c1-16(2)6-5-12(9-16)18-15(19)14-7-10-3-4-11(17)8-13(10)20-14/h3-4,7-8,12H,5-6,9H2,1-2H3,(H,18,19). The number of hydrogen-bond donors (Lipinski definition) is 1. The molecule has 4 heteroatoms. The van der Waals surface area contributed by atoms with Crippen molar-refractivity contribution in [3.8, 4) is 0 Å². The van der Waals surface area contributed by atoms with Gasteiger partial charge in [-0.25, -0.2) is 4.39 Å². The Labute approximate surface area is 122 Å². The maximum absolute atomic E-state index is 13.2. The topological polar surface area (TPSA) is 29.1 Å². The van der Waals surface area contributed by atoms with Crippen LogP contribution in [0.25, 0.3) is 10.1 Å². The molecule has 1 aromatic heterocycles. The summed E-state index contributed by atoms with van der Waals surface area (Å²) < 4.78 is 14.0. The van der Waals surface area contributed by atoms with Gasteiger partial charge in [0.15, 0.2) is 0 Å².